The van der Waals surface area contributed by atoms with Gasteiger partial charge >= 0.3 is 0 Å². The Kier molecular flexibility index (Phi) is 5.25. The highest BCUT2D eigenvalue weighted by Gasteiger charge is 2.15. The standard InChI is InChI=1S/C23H21N5O/c1-17-12-14-20(15-13-17)29-23-21(24)22(25-16-26-23)27-28(18-8-4-2-5-9-18)19-10-6-3-7-11-19/h2-16H,24H2,1H3,(H,25,26,27). The number of para-hydroxylation sites is 2. The highest BCUT2D eigenvalue weighted by molar-refractivity contribution is 5.74. The Balaban J connectivity index is 1.65. The third-order valence-electron chi connectivity index (χ3n) is 4.33. The molecule has 1 aromatic heterocycles. The number of rotatable bonds is 6. The van der Waals surface area contributed by atoms with E-state index in [1.54, 1.807) is 0 Å². The van der Waals surface area contributed by atoms with Crippen LogP contribution in [0.4, 0.5) is 22.9 Å². The Morgan fingerprint density at radius 3 is 1.97 bits per heavy atom. The summed E-state index contributed by atoms with van der Waals surface area (Å²) in [5.41, 5.74) is 13.0. The van der Waals surface area contributed by atoms with Gasteiger partial charge in [0.05, 0.1) is 11.4 Å². The van der Waals surface area contributed by atoms with Gasteiger partial charge in [-0.05, 0) is 43.3 Å². The maximum absolute atomic E-state index is 6.33. The first-order valence-corrected chi connectivity index (χ1v) is 9.22. The molecule has 0 fully saturated rings. The number of aromatic nitrogens is 2. The fraction of sp³-hybridized carbons (Fsp3) is 0.0435. The topological polar surface area (TPSA) is 76.3 Å². The number of benzene rings is 3. The lowest BCUT2D eigenvalue weighted by Gasteiger charge is -2.26. The van der Waals surface area contributed by atoms with Crippen LogP contribution in [0.2, 0.25) is 0 Å². The molecule has 0 amide bonds. The lowest BCUT2D eigenvalue weighted by atomic mass is 10.2. The van der Waals surface area contributed by atoms with Gasteiger partial charge in [0.1, 0.15) is 17.8 Å². The quantitative estimate of drug-likeness (QED) is 0.439. The minimum atomic E-state index is 0.299. The molecule has 0 aliphatic carbocycles. The zero-order valence-corrected chi connectivity index (χ0v) is 16.0. The molecule has 3 aromatic carbocycles. The van der Waals surface area contributed by atoms with Crippen molar-refractivity contribution in [1.82, 2.24) is 9.97 Å². The number of hydrazine groups is 1. The van der Waals surface area contributed by atoms with Crippen LogP contribution in [0.15, 0.2) is 91.3 Å². The van der Waals surface area contributed by atoms with Crippen LogP contribution >= 0.6 is 0 Å². The fourth-order valence-electron chi connectivity index (χ4n) is 2.81. The lowest BCUT2D eigenvalue weighted by molar-refractivity contribution is 0.464. The average molecular weight is 383 g/mol. The van der Waals surface area contributed by atoms with Crippen molar-refractivity contribution in [2.75, 3.05) is 16.2 Å². The largest absolute Gasteiger partial charge is 0.437 e. The molecule has 0 bridgehead atoms. The predicted octanol–water partition coefficient (Wildman–Crippen LogP) is 5.32. The first kappa shape index (κ1) is 18.3. The van der Waals surface area contributed by atoms with E-state index in [1.807, 2.05) is 96.9 Å². The summed E-state index contributed by atoms with van der Waals surface area (Å²) in [5, 5.41) is 1.91. The van der Waals surface area contributed by atoms with Crippen molar-refractivity contribution < 1.29 is 4.74 Å². The molecule has 29 heavy (non-hydrogen) atoms. The van der Waals surface area contributed by atoms with E-state index in [4.69, 9.17) is 10.5 Å². The molecular formula is C23H21N5O. The number of hydrogen-bond acceptors (Lipinski definition) is 6. The van der Waals surface area contributed by atoms with Crippen LogP contribution in [0.5, 0.6) is 11.6 Å². The summed E-state index contributed by atoms with van der Waals surface area (Å²) in [4.78, 5) is 8.51. The van der Waals surface area contributed by atoms with Crippen LogP contribution in [0.25, 0.3) is 0 Å². The highest BCUT2D eigenvalue weighted by Crippen LogP contribution is 2.32. The Morgan fingerprint density at radius 1 is 0.793 bits per heavy atom. The van der Waals surface area contributed by atoms with E-state index in [1.165, 1.54) is 6.33 Å². The van der Waals surface area contributed by atoms with Gasteiger partial charge in [0.25, 0.3) is 0 Å². The van der Waals surface area contributed by atoms with Crippen molar-refractivity contribution in [3.8, 4) is 11.6 Å². The van der Waals surface area contributed by atoms with E-state index in [0.29, 0.717) is 23.1 Å². The average Bonchev–Trinajstić information content (AvgIpc) is 2.77. The molecular weight excluding hydrogens is 362 g/mol. The van der Waals surface area contributed by atoms with Crippen LogP contribution in [0.3, 0.4) is 0 Å². The van der Waals surface area contributed by atoms with Crippen molar-refractivity contribution in [2.45, 2.75) is 6.92 Å². The van der Waals surface area contributed by atoms with Crippen molar-refractivity contribution in [3.63, 3.8) is 0 Å². The van der Waals surface area contributed by atoms with Crippen LogP contribution in [-0.2, 0) is 0 Å². The number of aryl methyl sites for hydroxylation is 1. The number of nitrogens with zero attached hydrogens (tertiary/aromatic N) is 3. The van der Waals surface area contributed by atoms with E-state index < -0.39 is 0 Å². The lowest BCUT2D eigenvalue weighted by Crippen LogP contribution is -2.25. The van der Waals surface area contributed by atoms with E-state index in [-0.39, 0.29) is 0 Å². The molecule has 0 atom stereocenters. The summed E-state index contributed by atoms with van der Waals surface area (Å²) in [6.07, 6.45) is 1.43. The van der Waals surface area contributed by atoms with E-state index >= 15 is 0 Å². The molecule has 0 unspecified atom stereocenters. The second-order valence-electron chi connectivity index (χ2n) is 6.47. The molecule has 0 saturated carbocycles. The zero-order valence-electron chi connectivity index (χ0n) is 16.0. The minimum absolute atomic E-state index is 0.299. The molecule has 144 valence electrons. The van der Waals surface area contributed by atoms with E-state index in [2.05, 4.69) is 15.4 Å². The smallest absolute Gasteiger partial charge is 0.248 e. The first-order valence-electron chi connectivity index (χ1n) is 9.22. The summed E-state index contributed by atoms with van der Waals surface area (Å²) in [7, 11) is 0. The van der Waals surface area contributed by atoms with Crippen LogP contribution < -0.4 is 20.9 Å². The van der Waals surface area contributed by atoms with Gasteiger partial charge in [0.2, 0.25) is 5.88 Å². The van der Waals surface area contributed by atoms with Gasteiger partial charge in [-0.1, -0.05) is 54.1 Å². The van der Waals surface area contributed by atoms with Crippen LogP contribution in [-0.4, -0.2) is 9.97 Å². The Morgan fingerprint density at radius 2 is 1.38 bits per heavy atom. The van der Waals surface area contributed by atoms with Crippen molar-refractivity contribution in [3.05, 3.63) is 96.8 Å². The molecule has 3 N–H and O–H groups in total. The maximum Gasteiger partial charge on any atom is 0.248 e. The first-order chi connectivity index (χ1) is 14.2. The number of ether oxygens (including phenoxy) is 1. The third kappa shape index (κ3) is 4.27. The van der Waals surface area contributed by atoms with Gasteiger partial charge in [-0.2, -0.15) is 4.98 Å². The summed E-state index contributed by atoms with van der Waals surface area (Å²) >= 11 is 0. The molecule has 1 heterocycles. The maximum atomic E-state index is 6.33. The molecule has 0 radical (unpaired) electrons. The molecule has 6 heteroatoms. The highest BCUT2D eigenvalue weighted by atomic mass is 16.5. The van der Waals surface area contributed by atoms with Gasteiger partial charge in [0, 0.05) is 0 Å². The molecule has 0 aliphatic rings. The van der Waals surface area contributed by atoms with Gasteiger partial charge in [-0.25, -0.2) is 4.98 Å². The molecule has 0 spiro atoms. The van der Waals surface area contributed by atoms with E-state index in [9.17, 15) is 0 Å². The molecule has 6 nitrogen and oxygen atoms in total. The van der Waals surface area contributed by atoms with Crippen molar-refractivity contribution in [2.24, 2.45) is 0 Å². The summed E-state index contributed by atoms with van der Waals surface area (Å²) in [6.45, 7) is 2.02. The Labute approximate surface area is 169 Å². The SMILES string of the molecule is Cc1ccc(Oc2ncnc(NN(c3ccccc3)c3ccccc3)c2N)cc1. The predicted molar refractivity (Wildman–Crippen MR) is 116 cm³/mol. The van der Waals surface area contributed by atoms with Gasteiger partial charge < -0.3 is 10.5 Å². The summed E-state index contributed by atoms with van der Waals surface area (Å²) in [5.74, 6) is 1.41. The normalized spacial score (nSPS) is 10.4. The number of nitrogen functional groups attached to an aromatic ring is 1. The van der Waals surface area contributed by atoms with Crippen LogP contribution in [0.1, 0.15) is 5.56 Å². The number of nitrogens with two attached hydrogens (primary N) is 1. The minimum Gasteiger partial charge on any atom is -0.437 e. The number of hydrogen-bond donors (Lipinski definition) is 2. The molecule has 0 saturated heterocycles. The second-order valence-corrected chi connectivity index (χ2v) is 6.47. The molecule has 4 aromatic rings. The number of nitrogens with one attached hydrogen (secondary N) is 1. The summed E-state index contributed by atoms with van der Waals surface area (Å²) in [6, 6.07) is 27.5. The second kappa shape index (κ2) is 8.31. The van der Waals surface area contributed by atoms with Crippen molar-refractivity contribution in [1.29, 1.82) is 0 Å². The zero-order chi connectivity index (χ0) is 20.1. The fourth-order valence-corrected chi connectivity index (χ4v) is 2.81. The van der Waals surface area contributed by atoms with Gasteiger partial charge in [0.15, 0.2) is 5.82 Å². The molecule has 0 aliphatic heterocycles. The summed E-state index contributed by atoms with van der Waals surface area (Å²) < 4.78 is 5.86. The van der Waals surface area contributed by atoms with Crippen molar-refractivity contribution >= 4 is 22.9 Å². The third-order valence-corrected chi connectivity index (χ3v) is 4.33. The Bertz CT molecular complexity index is 1030. The Hall–Kier alpha value is -4.06. The van der Waals surface area contributed by atoms with E-state index in [0.717, 1.165) is 16.9 Å². The number of anilines is 4. The van der Waals surface area contributed by atoms with Gasteiger partial charge in [-0.3, -0.25) is 10.4 Å². The van der Waals surface area contributed by atoms with Crippen LogP contribution in [0, 0.1) is 6.92 Å². The monoisotopic (exact) mass is 383 g/mol. The molecule has 4 rings (SSSR count). The van der Waals surface area contributed by atoms with Gasteiger partial charge in [-0.15, -0.1) is 0 Å².